The van der Waals surface area contributed by atoms with E-state index in [2.05, 4.69) is 5.32 Å². The maximum Gasteiger partial charge on any atom is 0.296 e. The van der Waals surface area contributed by atoms with Gasteiger partial charge in [0.15, 0.2) is 0 Å². The van der Waals surface area contributed by atoms with E-state index in [9.17, 15) is 13.2 Å². The second kappa shape index (κ2) is 7.91. The summed E-state index contributed by atoms with van der Waals surface area (Å²) in [4.78, 5) is 11.3. The molecule has 0 spiro atoms. The SMILES string of the molecule is C.C.CCC(C)C(=O)Nc1ccccc1S(=O)(=O)O. The Bertz CT molecular complexity index is 511. The average Bonchev–Trinajstić information content (AvgIpc) is 2.27. The maximum absolute atomic E-state index is 11.6. The van der Waals surface area contributed by atoms with Gasteiger partial charge in [-0.1, -0.05) is 40.8 Å². The fraction of sp³-hybridized carbons (Fsp3) is 0.462. The number of benzene rings is 1. The molecule has 5 nitrogen and oxygen atoms in total. The van der Waals surface area contributed by atoms with Crippen molar-refractivity contribution in [3.05, 3.63) is 24.3 Å². The van der Waals surface area contributed by atoms with Gasteiger partial charge >= 0.3 is 0 Å². The van der Waals surface area contributed by atoms with Crippen molar-refractivity contribution < 1.29 is 17.8 Å². The van der Waals surface area contributed by atoms with E-state index in [0.717, 1.165) is 0 Å². The van der Waals surface area contributed by atoms with Crippen LogP contribution in [0.4, 0.5) is 5.69 Å². The standard InChI is InChI=1S/C11H15NO4S.2CH4/c1-3-8(2)11(13)12-9-6-4-5-7-10(9)17(14,15)16;;/h4-8H,3H2,1-2H3,(H,12,13)(H,14,15,16);2*1H4. The molecule has 0 aromatic heterocycles. The fourth-order valence-electron chi connectivity index (χ4n) is 1.24. The second-order valence-electron chi connectivity index (χ2n) is 3.77. The van der Waals surface area contributed by atoms with Gasteiger partial charge in [-0.2, -0.15) is 8.42 Å². The first-order valence-corrected chi connectivity index (χ1v) is 6.67. The minimum Gasteiger partial charge on any atom is -0.325 e. The average molecular weight is 289 g/mol. The van der Waals surface area contributed by atoms with E-state index in [0.29, 0.717) is 6.42 Å². The molecule has 0 aliphatic rings. The third-order valence-corrected chi connectivity index (χ3v) is 3.39. The summed E-state index contributed by atoms with van der Waals surface area (Å²) in [6.45, 7) is 3.60. The largest absolute Gasteiger partial charge is 0.325 e. The van der Waals surface area contributed by atoms with Crippen LogP contribution in [0.15, 0.2) is 29.2 Å². The first-order valence-electron chi connectivity index (χ1n) is 5.23. The number of hydrogen-bond donors (Lipinski definition) is 2. The van der Waals surface area contributed by atoms with Crippen molar-refractivity contribution in [2.24, 2.45) is 5.92 Å². The lowest BCUT2D eigenvalue weighted by Gasteiger charge is -2.12. The molecule has 6 heteroatoms. The van der Waals surface area contributed by atoms with Gasteiger partial charge in [-0.25, -0.2) is 0 Å². The molecular weight excluding hydrogens is 266 g/mol. The van der Waals surface area contributed by atoms with Crippen LogP contribution in [0.1, 0.15) is 35.1 Å². The van der Waals surface area contributed by atoms with Crippen LogP contribution in [0.2, 0.25) is 0 Å². The van der Waals surface area contributed by atoms with E-state index >= 15 is 0 Å². The normalized spacial score (nSPS) is 11.7. The maximum atomic E-state index is 11.6. The Kier molecular flexibility index (Phi) is 8.30. The van der Waals surface area contributed by atoms with Gasteiger partial charge in [-0.15, -0.1) is 0 Å². The van der Waals surface area contributed by atoms with E-state index in [-0.39, 0.29) is 37.3 Å². The zero-order chi connectivity index (χ0) is 13.1. The van der Waals surface area contributed by atoms with Crippen LogP contribution in [0.25, 0.3) is 0 Å². The summed E-state index contributed by atoms with van der Waals surface area (Å²) >= 11 is 0. The molecule has 0 heterocycles. The number of carbonyl (C=O) groups is 1. The third kappa shape index (κ3) is 5.40. The summed E-state index contributed by atoms with van der Waals surface area (Å²) in [5.41, 5.74) is 0.0975. The molecule has 1 aromatic carbocycles. The van der Waals surface area contributed by atoms with Gasteiger partial charge in [0, 0.05) is 5.92 Å². The summed E-state index contributed by atoms with van der Waals surface area (Å²) in [7, 11) is -4.33. The molecule has 2 N–H and O–H groups in total. The monoisotopic (exact) mass is 289 g/mol. The Hall–Kier alpha value is -1.40. The lowest BCUT2D eigenvalue weighted by atomic mass is 10.1. The van der Waals surface area contributed by atoms with Gasteiger partial charge in [-0.05, 0) is 18.6 Å². The van der Waals surface area contributed by atoms with Crippen LogP contribution in [-0.4, -0.2) is 18.9 Å². The van der Waals surface area contributed by atoms with Crippen molar-refractivity contribution in [2.45, 2.75) is 40.0 Å². The van der Waals surface area contributed by atoms with Crippen LogP contribution in [0, 0.1) is 5.92 Å². The zero-order valence-corrected chi connectivity index (χ0v) is 10.5. The molecule has 0 aliphatic carbocycles. The van der Waals surface area contributed by atoms with Crippen molar-refractivity contribution in [1.29, 1.82) is 0 Å². The summed E-state index contributed by atoms with van der Waals surface area (Å²) in [6.07, 6.45) is 0.653. The number of rotatable bonds is 4. The molecule has 0 radical (unpaired) electrons. The molecule has 1 rings (SSSR count). The number of para-hydroxylation sites is 1. The number of nitrogens with one attached hydrogen (secondary N) is 1. The molecule has 0 aliphatic heterocycles. The minimum absolute atomic E-state index is 0. The van der Waals surface area contributed by atoms with E-state index in [1.807, 2.05) is 6.92 Å². The highest BCUT2D eigenvalue weighted by molar-refractivity contribution is 7.86. The Morgan fingerprint density at radius 2 is 1.84 bits per heavy atom. The van der Waals surface area contributed by atoms with E-state index in [1.54, 1.807) is 13.0 Å². The minimum atomic E-state index is -4.33. The van der Waals surface area contributed by atoms with Crippen LogP contribution in [0.5, 0.6) is 0 Å². The quantitative estimate of drug-likeness (QED) is 0.834. The van der Waals surface area contributed by atoms with Crippen LogP contribution in [0.3, 0.4) is 0 Å². The van der Waals surface area contributed by atoms with Gasteiger partial charge in [0.2, 0.25) is 5.91 Å². The van der Waals surface area contributed by atoms with E-state index in [4.69, 9.17) is 4.55 Å². The van der Waals surface area contributed by atoms with Gasteiger partial charge in [0.05, 0.1) is 5.69 Å². The molecule has 0 saturated heterocycles. The summed E-state index contributed by atoms with van der Waals surface area (Å²) in [5, 5.41) is 2.49. The zero-order valence-electron chi connectivity index (χ0n) is 9.67. The molecule has 1 aromatic rings. The van der Waals surface area contributed by atoms with E-state index < -0.39 is 10.1 Å². The highest BCUT2D eigenvalue weighted by Gasteiger charge is 2.18. The number of amides is 1. The molecule has 1 unspecified atom stereocenters. The molecule has 110 valence electrons. The Morgan fingerprint density at radius 3 is 2.32 bits per heavy atom. The summed E-state index contributed by atoms with van der Waals surface area (Å²) in [6, 6.07) is 5.73. The smallest absolute Gasteiger partial charge is 0.296 e. The summed E-state index contributed by atoms with van der Waals surface area (Å²) in [5.74, 6) is -0.493. The molecule has 0 bridgehead atoms. The Balaban J connectivity index is 0. The van der Waals surface area contributed by atoms with Crippen molar-refractivity contribution in [3.8, 4) is 0 Å². The predicted octanol–water partition coefficient (Wildman–Crippen LogP) is 3.19. The summed E-state index contributed by atoms with van der Waals surface area (Å²) < 4.78 is 31.2. The highest BCUT2D eigenvalue weighted by Crippen LogP contribution is 2.21. The van der Waals surface area contributed by atoms with Crippen LogP contribution >= 0.6 is 0 Å². The molecule has 19 heavy (non-hydrogen) atoms. The van der Waals surface area contributed by atoms with Gasteiger partial charge in [-0.3, -0.25) is 9.35 Å². The lowest BCUT2D eigenvalue weighted by molar-refractivity contribution is -0.119. The van der Waals surface area contributed by atoms with Gasteiger partial charge in [0.25, 0.3) is 10.1 Å². The van der Waals surface area contributed by atoms with Crippen molar-refractivity contribution in [2.75, 3.05) is 5.32 Å². The number of hydrogen-bond acceptors (Lipinski definition) is 3. The first-order chi connectivity index (χ1) is 7.86. The third-order valence-electron chi connectivity index (χ3n) is 2.48. The topological polar surface area (TPSA) is 83.5 Å². The van der Waals surface area contributed by atoms with Crippen LogP contribution < -0.4 is 5.32 Å². The lowest BCUT2D eigenvalue weighted by Crippen LogP contribution is -2.21. The van der Waals surface area contributed by atoms with Crippen LogP contribution in [-0.2, 0) is 14.9 Å². The van der Waals surface area contributed by atoms with Gasteiger partial charge in [0.1, 0.15) is 4.90 Å². The number of anilines is 1. The first kappa shape index (κ1) is 19.9. The van der Waals surface area contributed by atoms with Crippen molar-refractivity contribution >= 4 is 21.7 Å². The number of carbonyl (C=O) groups excluding carboxylic acids is 1. The van der Waals surface area contributed by atoms with Crippen molar-refractivity contribution in [3.63, 3.8) is 0 Å². The molecule has 1 atom stereocenters. The fourth-order valence-corrected chi connectivity index (χ4v) is 1.88. The van der Waals surface area contributed by atoms with E-state index in [1.165, 1.54) is 18.2 Å². The predicted molar refractivity (Wildman–Crippen MR) is 77.8 cm³/mol. The Labute approximate surface area is 115 Å². The highest BCUT2D eigenvalue weighted by atomic mass is 32.2. The molecule has 0 fully saturated rings. The molecule has 1 amide bonds. The molecular formula is C13H23NO4S. The second-order valence-corrected chi connectivity index (χ2v) is 5.16. The molecule has 0 saturated carbocycles. The van der Waals surface area contributed by atoms with Gasteiger partial charge < -0.3 is 5.32 Å². The Morgan fingerprint density at radius 1 is 1.32 bits per heavy atom. The van der Waals surface area contributed by atoms with Crippen molar-refractivity contribution in [1.82, 2.24) is 0 Å².